The Labute approximate surface area is 121 Å². The molecule has 0 bridgehead atoms. The Bertz CT molecular complexity index is 614. The molecule has 5 nitrogen and oxygen atoms in total. The fourth-order valence-corrected chi connectivity index (χ4v) is 2.37. The van der Waals surface area contributed by atoms with Crippen molar-refractivity contribution in [2.24, 2.45) is 0 Å². The molecule has 1 N–H and O–H groups in total. The van der Waals surface area contributed by atoms with Gasteiger partial charge in [0, 0.05) is 29.8 Å². The Hall–Kier alpha value is -2.08. The molecule has 0 amide bonds. The van der Waals surface area contributed by atoms with Gasteiger partial charge in [-0.15, -0.1) is 11.8 Å². The lowest BCUT2D eigenvalue weighted by molar-refractivity contribution is 0.0696. The summed E-state index contributed by atoms with van der Waals surface area (Å²) >= 11 is 1.50. The van der Waals surface area contributed by atoms with Gasteiger partial charge in [0.2, 0.25) is 0 Å². The highest BCUT2D eigenvalue weighted by atomic mass is 32.2. The van der Waals surface area contributed by atoms with Crippen molar-refractivity contribution in [2.45, 2.75) is 17.7 Å². The molecule has 2 aromatic rings. The molecule has 2 heterocycles. The Balaban J connectivity index is 2.04. The van der Waals surface area contributed by atoms with Crippen molar-refractivity contribution in [3.8, 4) is 5.75 Å². The van der Waals surface area contributed by atoms with Gasteiger partial charge in [-0.1, -0.05) is 0 Å². The first kappa shape index (κ1) is 14.3. The van der Waals surface area contributed by atoms with Crippen LogP contribution in [0.4, 0.5) is 0 Å². The van der Waals surface area contributed by atoms with Gasteiger partial charge in [0.1, 0.15) is 5.75 Å². The van der Waals surface area contributed by atoms with Crippen LogP contribution in [0.15, 0.2) is 35.5 Å². The molecular weight excluding hydrogens is 276 g/mol. The maximum absolute atomic E-state index is 10.7. The molecule has 0 aliphatic carbocycles. The van der Waals surface area contributed by atoms with Crippen molar-refractivity contribution in [1.82, 2.24) is 9.97 Å². The van der Waals surface area contributed by atoms with E-state index in [1.54, 1.807) is 19.2 Å². The van der Waals surface area contributed by atoms with Crippen molar-refractivity contribution in [2.75, 3.05) is 7.11 Å². The smallest absolute Gasteiger partial charge is 0.337 e. The molecule has 0 radical (unpaired) electrons. The van der Waals surface area contributed by atoms with Crippen LogP contribution in [0.2, 0.25) is 0 Å². The van der Waals surface area contributed by atoms with E-state index in [1.807, 2.05) is 19.1 Å². The highest BCUT2D eigenvalue weighted by Crippen LogP contribution is 2.22. The molecule has 0 saturated carbocycles. The predicted molar refractivity (Wildman–Crippen MR) is 76.3 cm³/mol. The number of rotatable bonds is 5. The molecule has 2 rings (SSSR count). The molecular formula is C14H14N2O3S. The molecule has 0 aliphatic heterocycles. The highest BCUT2D eigenvalue weighted by molar-refractivity contribution is 7.98. The number of aromatic nitrogens is 2. The SMILES string of the molecule is COc1cc(C)nc(CSc2ccc(C(=O)O)cn2)c1. The first-order valence-electron chi connectivity index (χ1n) is 5.92. The van der Waals surface area contributed by atoms with Gasteiger partial charge in [-0.25, -0.2) is 9.78 Å². The van der Waals surface area contributed by atoms with Gasteiger partial charge in [-0.2, -0.15) is 0 Å². The molecule has 2 aromatic heterocycles. The van der Waals surface area contributed by atoms with Gasteiger partial charge in [0.15, 0.2) is 0 Å². The van der Waals surface area contributed by atoms with Gasteiger partial charge in [0.25, 0.3) is 0 Å². The second-order valence-electron chi connectivity index (χ2n) is 4.12. The number of hydrogen-bond acceptors (Lipinski definition) is 5. The van der Waals surface area contributed by atoms with E-state index in [9.17, 15) is 4.79 Å². The van der Waals surface area contributed by atoms with Gasteiger partial charge >= 0.3 is 5.97 Å². The summed E-state index contributed by atoms with van der Waals surface area (Å²) in [6.07, 6.45) is 1.36. The molecule has 0 unspecified atom stereocenters. The molecule has 0 aliphatic rings. The Morgan fingerprint density at radius 1 is 1.40 bits per heavy atom. The molecule has 0 fully saturated rings. The molecule has 0 spiro atoms. The third kappa shape index (κ3) is 3.71. The van der Waals surface area contributed by atoms with Crippen LogP contribution in [0.1, 0.15) is 21.7 Å². The highest BCUT2D eigenvalue weighted by Gasteiger charge is 2.05. The summed E-state index contributed by atoms with van der Waals surface area (Å²) < 4.78 is 5.20. The van der Waals surface area contributed by atoms with E-state index < -0.39 is 5.97 Å². The minimum atomic E-state index is -0.973. The van der Waals surface area contributed by atoms with Crippen LogP contribution < -0.4 is 4.74 Å². The molecule has 104 valence electrons. The molecule has 20 heavy (non-hydrogen) atoms. The van der Waals surface area contributed by atoms with Crippen LogP contribution in [0, 0.1) is 6.92 Å². The summed E-state index contributed by atoms with van der Waals surface area (Å²) in [4.78, 5) is 19.3. The van der Waals surface area contributed by atoms with E-state index in [0.717, 1.165) is 22.2 Å². The van der Waals surface area contributed by atoms with Crippen molar-refractivity contribution >= 4 is 17.7 Å². The third-order valence-electron chi connectivity index (χ3n) is 2.57. The number of nitrogens with zero attached hydrogens (tertiary/aromatic N) is 2. The van der Waals surface area contributed by atoms with Gasteiger partial charge in [0.05, 0.1) is 23.4 Å². The maximum atomic E-state index is 10.7. The van der Waals surface area contributed by atoms with Gasteiger partial charge in [-0.3, -0.25) is 4.98 Å². The van der Waals surface area contributed by atoms with Crippen LogP contribution >= 0.6 is 11.8 Å². The lowest BCUT2D eigenvalue weighted by Gasteiger charge is -2.05. The van der Waals surface area contributed by atoms with Crippen LogP contribution in [-0.4, -0.2) is 28.2 Å². The number of methoxy groups -OCH3 is 1. The van der Waals surface area contributed by atoms with E-state index >= 15 is 0 Å². The average molecular weight is 290 g/mol. The van der Waals surface area contributed by atoms with E-state index in [0.29, 0.717) is 5.75 Å². The monoisotopic (exact) mass is 290 g/mol. The zero-order chi connectivity index (χ0) is 14.5. The Morgan fingerprint density at radius 3 is 2.80 bits per heavy atom. The van der Waals surface area contributed by atoms with E-state index in [2.05, 4.69) is 9.97 Å². The summed E-state index contributed by atoms with van der Waals surface area (Å²) in [5.74, 6) is 0.457. The standard InChI is InChI=1S/C14H14N2O3S/c1-9-5-12(19-2)6-11(16-9)8-20-13-4-3-10(7-15-13)14(17)18/h3-7H,8H2,1-2H3,(H,17,18). The molecule has 0 atom stereocenters. The predicted octanol–water partition coefficient (Wildman–Crippen LogP) is 2.78. The van der Waals surface area contributed by atoms with E-state index in [1.165, 1.54) is 18.0 Å². The van der Waals surface area contributed by atoms with Gasteiger partial charge < -0.3 is 9.84 Å². The Kier molecular flexibility index (Phi) is 4.57. The first-order valence-corrected chi connectivity index (χ1v) is 6.91. The van der Waals surface area contributed by atoms with E-state index in [-0.39, 0.29) is 5.56 Å². The van der Waals surface area contributed by atoms with Crippen molar-refractivity contribution in [1.29, 1.82) is 0 Å². The summed E-state index contributed by atoms with van der Waals surface area (Å²) in [6, 6.07) is 6.99. The number of carboxylic acids is 1. The van der Waals surface area contributed by atoms with Crippen molar-refractivity contribution in [3.05, 3.63) is 47.4 Å². The average Bonchev–Trinajstić information content (AvgIpc) is 2.45. The number of hydrogen-bond donors (Lipinski definition) is 1. The summed E-state index contributed by atoms with van der Waals surface area (Å²) in [7, 11) is 1.62. The normalized spacial score (nSPS) is 10.3. The zero-order valence-electron chi connectivity index (χ0n) is 11.2. The molecule has 0 saturated heterocycles. The number of aromatic carboxylic acids is 1. The number of carboxylic acid groups (broad SMARTS) is 1. The lowest BCUT2D eigenvalue weighted by Crippen LogP contribution is -1.97. The topological polar surface area (TPSA) is 72.3 Å². The lowest BCUT2D eigenvalue weighted by atomic mass is 10.3. The second-order valence-corrected chi connectivity index (χ2v) is 5.11. The van der Waals surface area contributed by atoms with Crippen LogP contribution in [0.5, 0.6) is 5.75 Å². The fraction of sp³-hybridized carbons (Fsp3) is 0.214. The van der Waals surface area contributed by atoms with Crippen molar-refractivity contribution in [3.63, 3.8) is 0 Å². The first-order chi connectivity index (χ1) is 9.58. The summed E-state index contributed by atoms with van der Waals surface area (Å²) in [5, 5.41) is 9.56. The molecule has 0 aromatic carbocycles. The fourth-order valence-electron chi connectivity index (χ4n) is 1.63. The number of pyridine rings is 2. The third-order valence-corrected chi connectivity index (χ3v) is 3.54. The Morgan fingerprint density at radius 2 is 2.20 bits per heavy atom. The van der Waals surface area contributed by atoms with Crippen LogP contribution in [0.3, 0.4) is 0 Å². The molecule has 6 heteroatoms. The largest absolute Gasteiger partial charge is 0.497 e. The minimum absolute atomic E-state index is 0.185. The number of ether oxygens (including phenoxy) is 1. The van der Waals surface area contributed by atoms with Crippen LogP contribution in [-0.2, 0) is 5.75 Å². The van der Waals surface area contributed by atoms with Gasteiger partial charge in [-0.05, 0) is 19.1 Å². The zero-order valence-corrected chi connectivity index (χ0v) is 12.0. The van der Waals surface area contributed by atoms with Crippen LogP contribution in [0.25, 0.3) is 0 Å². The number of thioether (sulfide) groups is 1. The summed E-state index contributed by atoms with van der Waals surface area (Å²) in [5.41, 5.74) is 1.98. The summed E-state index contributed by atoms with van der Waals surface area (Å²) in [6.45, 7) is 1.91. The van der Waals surface area contributed by atoms with E-state index in [4.69, 9.17) is 9.84 Å². The maximum Gasteiger partial charge on any atom is 0.337 e. The van der Waals surface area contributed by atoms with Crippen molar-refractivity contribution < 1.29 is 14.6 Å². The minimum Gasteiger partial charge on any atom is -0.497 e. The number of carbonyl (C=O) groups is 1. The number of aryl methyl sites for hydroxylation is 1. The quantitative estimate of drug-likeness (QED) is 0.854. The second kappa shape index (κ2) is 6.38.